The van der Waals surface area contributed by atoms with E-state index in [0.29, 0.717) is 12.8 Å². The molecule has 7 heteroatoms. The molecular weight excluding hydrogens is 446 g/mol. The first-order chi connectivity index (χ1) is 16.8. The van der Waals surface area contributed by atoms with E-state index in [4.69, 9.17) is 10.2 Å². The lowest BCUT2D eigenvalue weighted by Gasteiger charge is -2.13. The topological polar surface area (TPSA) is 121 Å². The van der Waals surface area contributed by atoms with Gasteiger partial charge in [-0.1, -0.05) is 104 Å². The maximum atomic E-state index is 11.9. The number of carboxylic acids is 2. The molecule has 35 heavy (non-hydrogen) atoms. The molecule has 1 amide bonds. The van der Waals surface area contributed by atoms with Gasteiger partial charge in [0.2, 0.25) is 5.91 Å². The number of carbonyl (C=O) groups is 4. The molecule has 0 saturated carbocycles. The van der Waals surface area contributed by atoms with Gasteiger partial charge in [-0.05, 0) is 26.2 Å². The Kier molecular flexibility index (Phi) is 26.9. The van der Waals surface area contributed by atoms with E-state index in [1.807, 2.05) is 13.8 Å². The Hall–Kier alpha value is -1.92. The molecule has 7 nitrogen and oxygen atoms in total. The molecule has 0 aliphatic rings. The van der Waals surface area contributed by atoms with Crippen LogP contribution in [-0.2, 0) is 19.2 Å². The third-order valence-electron chi connectivity index (χ3n) is 5.96. The Labute approximate surface area is 213 Å². The van der Waals surface area contributed by atoms with Crippen molar-refractivity contribution in [2.75, 3.05) is 0 Å². The van der Waals surface area contributed by atoms with E-state index < -0.39 is 18.0 Å². The van der Waals surface area contributed by atoms with Crippen molar-refractivity contribution in [1.29, 1.82) is 0 Å². The van der Waals surface area contributed by atoms with E-state index in [1.54, 1.807) is 0 Å². The van der Waals surface area contributed by atoms with E-state index in [1.165, 1.54) is 71.1 Å². The Morgan fingerprint density at radius 3 is 1.23 bits per heavy atom. The van der Waals surface area contributed by atoms with Crippen LogP contribution < -0.4 is 5.32 Å². The standard InChI is InChI=1S/C26H47NO6.C2H6/c1-22(28)20-21-23(26(32)33)27-24(29)18-16-14-12-10-8-6-4-2-3-5-7-9-11-13-15-17-19-25(30)31;1-2/h23H,2-21H2,1H3,(H,27,29)(H,30,31)(H,32,33);1-2H3. The lowest BCUT2D eigenvalue weighted by molar-refractivity contribution is -0.142. The third kappa shape index (κ3) is 28.2. The van der Waals surface area contributed by atoms with Crippen molar-refractivity contribution < 1.29 is 29.4 Å². The van der Waals surface area contributed by atoms with E-state index in [2.05, 4.69) is 5.32 Å². The minimum absolute atomic E-state index is 0.0752. The second-order valence-electron chi connectivity index (χ2n) is 9.25. The minimum atomic E-state index is -1.09. The van der Waals surface area contributed by atoms with Crippen LogP contribution in [0.3, 0.4) is 0 Å². The zero-order valence-corrected chi connectivity index (χ0v) is 22.7. The molecule has 0 aliphatic heterocycles. The molecule has 0 aromatic carbocycles. The highest BCUT2D eigenvalue weighted by Crippen LogP contribution is 2.14. The van der Waals surface area contributed by atoms with Gasteiger partial charge in [-0.2, -0.15) is 0 Å². The maximum Gasteiger partial charge on any atom is 0.326 e. The number of hydrogen-bond acceptors (Lipinski definition) is 4. The molecule has 0 saturated heterocycles. The van der Waals surface area contributed by atoms with E-state index in [-0.39, 0.29) is 24.5 Å². The Balaban J connectivity index is 0. The first-order valence-electron chi connectivity index (χ1n) is 14.1. The highest BCUT2D eigenvalue weighted by Gasteiger charge is 2.19. The monoisotopic (exact) mass is 499 g/mol. The van der Waals surface area contributed by atoms with Crippen LogP contribution in [0.15, 0.2) is 0 Å². The van der Waals surface area contributed by atoms with Crippen LogP contribution in [0.5, 0.6) is 0 Å². The third-order valence-corrected chi connectivity index (χ3v) is 5.96. The van der Waals surface area contributed by atoms with E-state index in [9.17, 15) is 19.2 Å². The van der Waals surface area contributed by atoms with Crippen molar-refractivity contribution in [1.82, 2.24) is 5.32 Å². The predicted octanol–water partition coefficient (Wildman–Crippen LogP) is 7.06. The molecule has 0 aromatic rings. The normalized spacial score (nSPS) is 11.3. The van der Waals surface area contributed by atoms with Crippen molar-refractivity contribution in [3.63, 3.8) is 0 Å². The number of Topliss-reactive ketones (excluding diaryl/α,β-unsaturated/α-hetero) is 1. The fourth-order valence-electron chi connectivity index (χ4n) is 3.91. The molecule has 206 valence electrons. The van der Waals surface area contributed by atoms with Crippen molar-refractivity contribution in [3.05, 3.63) is 0 Å². The summed E-state index contributed by atoms with van der Waals surface area (Å²) in [5, 5.41) is 20.2. The Morgan fingerprint density at radius 2 is 0.914 bits per heavy atom. The van der Waals surface area contributed by atoms with Crippen molar-refractivity contribution in [2.45, 2.75) is 155 Å². The van der Waals surface area contributed by atoms with E-state index in [0.717, 1.165) is 38.5 Å². The molecule has 0 rings (SSSR count). The fourth-order valence-corrected chi connectivity index (χ4v) is 3.91. The maximum absolute atomic E-state index is 11.9. The van der Waals surface area contributed by atoms with Crippen molar-refractivity contribution in [3.8, 4) is 0 Å². The van der Waals surface area contributed by atoms with Crippen LogP contribution in [0.4, 0.5) is 0 Å². The van der Waals surface area contributed by atoms with Crippen molar-refractivity contribution >= 4 is 23.6 Å². The molecule has 1 unspecified atom stereocenters. The minimum Gasteiger partial charge on any atom is -0.481 e. The zero-order chi connectivity index (χ0) is 26.7. The summed E-state index contributed by atoms with van der Waals surface area (Å²) in [4.78, 5) is 44.5. The molecule has 0 spiro atoms. The van der Waals surface area contributed by atoms with Crippen LogP contribution in [0.25, 0.3) is 0 Å². The highest BCUT2D eigenvalue weighted by atomic mass is 16.4. The molecule has 0 aliphatic carbocycles. The summed E-state index contributed by atoms with van der Waals surface area (Å²) in [6, 6.07) is -0.975. The average molecular weight is 500 g/mol. The number of rotatable bonds is 24. The first kappa shape index (κ1) is 35.2. The molecule has 0 aromatic heterocycles. The quantitative estimate of drug-likeness (QED) is 0.122. The Morgan fingerprint density at radius 1 is 0.571 bits per heavy atom. The smallest absolute Gasteiger partial charge is 0.326 e. The summed E-state index contributed by atoms with van der Waals surface area (Å²) in [5.41, 5.74) is 0. The molecule has 1 atom stereocenters. The average Bonchev–Trinajstić information content (AvgIpc) is 2.81. The molecule has 0 heterocycles. The van der Waals surface area contributed by atoms with Crippen molar-refractivity contribution in [2.24, 2.45) is 0 Å². The summed E-state index contributed by atoms with van der Waals surface area (Å²) < 4.78 is 0. The molecule has 0 fully saturated rings. The Bertz CT molecular complexity index is 550. The summed E-state index contributed by atoms with van der Waals surface area (Å²) in [6.45, 7) is 5.42. The van der Waals surface area contributed by atoms with Crippen LogP contribution in [0.2, 0.25) is 0 Å². The van der Waals surface area contributed by atoms with Gasteiger partial charge in [-0.15, -0.1) is 0 Å². The van der Waals surface area contributed by atoms with Crippen LogP contribution in [0, 0.1) is 0 Å². The number of nitrogens with one attached hydrogen (secondary N) is 1. The van der Waals surface area contributed by atoms with Gasteiger partial charge >= 0.3 is 11.9 Å². The van der Waals surface area contributed by atoms with Gasteiger partial charge in [0.15, 0.2) is 0 Å². The molecule has 0 radical (unpaired) electrons. The van der Waals surface area contributed by atoms with Gasteiger partial charge in [0.05, 0.1) is 0 Å². The van der Waals surface area contributed by atoms with Crippen LogP contribution in [0.1, 0.15) is 149 Å². The van der Waals surface area contributed by atoms with Gasteiger partial charge in [-0.25, -0.2) is 4.79 Å². The number of unbranched alkanes of at least 4 members (excludes halogenated alkanes) is 15. The second-order valence-corrected chi connectivity index (χ2v) is 9.25. The lowest BCUT2D eigenvalue weighted by Crippen LogP contribution is -2.40. The number of hydrogen-bond donors (Lipinski definition) is 3. The van der Waals surface area contributed by atoms with Crippen LogP contribution >= 0.6 is 0 Å². The second kappa shape index (κ2) is 26.7. The largest absolute Gasteiger partial charge is 0.481 e. The van der Waals surface area contributed by atoms with Gasteiger partial charge in [0, 0.05) is 19.3 Å². The zero-order valence-electron chi connectivity index (χ0n) is 22.7. The van der Waals surface area contributed by atoms with Gasteiger partial charge in [0.1, 0.15) is 11.8 Å². The number of ketones is 1. The molecular formula is C28H53NO6. The lowest BCUT2D eigenvalue weighted by atomic mass is 10.0. The number of amides is 1. The molecule has 3 N–H and O–H groups in total. The fraction of sp³-hybridized carbons (Fsp3) is 0.857. The molecule has 0 bridgehead atoms. The first-order valence-corrected chi connectivity index (χ1v) is 14.1. The predicted molar refractivity (Wildman–Crippen MR) is 142 cm³/mol. The summed E-state index contributed by atoms with van der Waals surface area (Å²) >= 11 is 0. The van der Waals surface area contributed by atoms with Gasteiger partial charge in [0.25, 0.3) is 0 Å². The SMILES string of the molecule is CC.CC(=O)CCC(NC(=O)CCCCCCCCCCCCCCCCCCC(=O)O)C(=O)O. The number of carbonyl (C=O) groups excluding carboxylic acids is 2. The number of aliphatic carboxylic acids is 2. The summed E-state index contributed by atoms with van der Waals surface area (Å²) in [6.07, 6.45) is 19.4. The number of carboxylic acid groups (broad SMARTS) is 2. The highest BCUT2D eigenvalue weighted by molar-refractivity contribution is 5.84. The van der Waals surface area contributed by atoms with Gasteiger partial charge in [-0.3, -0.25) is 9.59 Å². The van der Waals surface area contributed by atoms with Gasteiger partial charge < -0.3 is 20.3 Å². The van der Waals surface area contributed by atoms with E-state index >= 15 is 0 Å². The van der Waals surface area contributed by atoms with Crippen LogP contribution in [-0.4, -0.2) is 39.9 Å². The summed E-state index contributed by atoms with van der Waals surface area (Å²) in [7, 11) is 0. The summed E-state index contributed by atoms with van der Waals surface area (Å²) in [5.74, 6) is -2.10.